The number of aromatic nitrogens is 2. The van der Waals surface area contributed by atoms with Gasteiger partial charge in [0.1, 0.15) is 24.4 Å². The number of rotatable bonds is 2. The maximum Gasteiger partial charge on any atom is 0.328 e. The molecular formula is C10H14N2O6. The second kappa shape index (κ2) is 4.65. The van der Waals surface area contributed by atoms with Crippen LogP contribution in [0.25, 0.3) is 0 Å². The van der Waals surface area contributed by atoms with Gasteiger partial charge in [0.2, 0.25) is 0 Å². The summed E-state index contributed by atoms with van der Waals surface area (Å²) in [4.78, 5) is 24.9. The molecule has 0 aromatic carbocycles. The first kappa shape index (κ1) is 13.0. The van der Waals surface area contributed by atoms with Gasteiger partial charge in [-0.3, -0.25) is 9.78 Å². The molecule has 0 saturated carbocycles. The Morgan fingerprint density at radius 3 is 2.61 bits per heavy atom. The number of nitrogens with one attached hydrogen (secondary N) is 1. The van der Waals surface area contributed by atoms with E-state index in [0.29, 0.717) is 0 Å². The maximum absolute atomic E-state index is 11.6. The molecule has 4 atom stereocenters. The molecule has 0 aliphatic carbocycles. The van der Waals surface area contributed by atoms with Crippen LogP contribution in [0.1, 0.15) is 11.7 Å². The molecule has 0 bridgehead atoms. The molecule has 1 aromatic heterocycles. The minimum Gasteiger partial charge on any atom is -0.394 e. The summed E-state index contributed by atoms with van der Waals surface area (Å²) in [5, 5.41) is 28.3. The Balaban J connectivity index is 2.42. The summed E-state index contributed by atoms with van der Waals surface area (Å²) in [7, 11) is 1.43. The van der Waals surface area contributed by atoms with E-state index in [-0.39, 0.29) is 5.56 Å². The van der Waals surface area contributed by atoms with Crippen molar-refractivity contribution >= 4 is 0 Å². The Kier molecular flexibility index (Phi) is 3.35. The van der Waals surface area contributed by atoms with Gasteiger partial charge in [0.15, 0.2) is 0 Å². The van der Waals surface area contributed by atoms with Crippen LogP contribution in [0.3, 0.4) is 0 Å². The number of aliphatic hydroxyl groups is 3. The number of aromatic amines is 1. The zero-order chi connectivity index (χ0) is 13.4. The van der Waals surface area contributed by atoms with E-state index >= 15 is 0 Å². The molecule has 8 heteroatoms. The highest BCUT2D eigenvalue weighted by Crippen LogP contribution is 2.31. The lowest BCUT2D eigenvalue weighted by molar-refractivity contribution is -0.0233. The van der Waals surface area contributed by atoms with Crippen molar-refractivity contribution in [3.05, 3.63) is 32.6 Å². The molecular weight excluding hydrogens is 244 g/mol. The van der Waals surface area contributed by atoms with Gasteiger partial charge in [-0.2, -0.15) is 0 Å². The second-order valence-electron chi connectivity index (χ2n) is 4.21. The summed E-state index contributed by atoms with van der Waals surface area (Å²) in [5.41, 5.74) is -1.25. The number of nitrogens with zero attached hydrogens (tertiary/aromatic N) is 1. The molecule has 0 radical (unpaired) electrons. The third kappa shape index (κ3) is 1.99. The van der Waals surface area contributed by atoms with Crippen LogP contribution in [-0.2, 0) is 11.8 Å². The Bertz CT molecular complexity index is 550. The molecule has 4 N–H and O–H groups in total. The third-order valence-electron chi connectivity index (χ3n) is 2.98. The fourth-order valence-corrected chi connectivity index (χ4v) is 1.94. The molecule has 0 amide bonds. The minimum atomic E-state index is -1.33. The number of ether oxygens (including phenoxy) is 1. The van der Waals surface area contributed by atoms with Gasteiger partial charge in [0.25, 0.3) is 5.56 Å². The molecule has 2 rings (SSSR count). The van der Waals surface area contributed by atoms with Gasteiger partial charge < -0.3 is 24.6 Å². The molecule has 2 heterocycles. The average molecular weight is 258 g/mol. The number of hydrogen-bond acceptors (Lipinski definition) is 6. The zero-order valence-corrected chi connectivity index (χ0v) is 9.61. The van der Waals surface area contributed by atoms with Crippen LogP contribution in [0.2, 0.25) is 0 Å². The Morgan fingerprint density at radius 1 is 1.39 bits per heavy atom. The van der Waals surface area contributed by atoms with Crippen molar-refractivity contribution < 1.29 is 20.1 Å². The van der Waals surface area contributed by atoms with Crippen molar-refractivity contribution in [1.82, 2.24) is 9.55 Å². The summed E-state index contributed by atoms with van der Waals surface area (Å²) in [5.74, 6) is 0. The van der Waals surface area contributed by atoms with E-state index in [1.54, 1.807) is 0 Å². The molecule has 1 aliphatic heterocycles. The summed E-state index contributed by atoms with van der Waals surface area (Å²) in [6, 6.07) is 0. The predicted molar refractivity (Wildman–Crippen MR) is 59.0 cm³/mol. The molecule has 1 aliphatic rings. The second-order valence-corrected chi connectivity index (χ2v) is 4.21. The third-order valence-corrected chi connectivity index (χ3v) is 2.98. The quantitative estimate of drug-likeness (QED) is 0.455. The summed E-state index contributed by atoms with van der Waals surface area (Å²) in [6.07, 6.45) is -3.41. The van der Waals surface area contributed by atoms with Crippen molar-refractivity contribution in [2.75, 3.05) is 6.61 Å². The number of aliphatic hydroxyl groups excluding tert-OH is 3. The topological polar surface area (TPSA) is 125 Å². The standard InChI is InChI=1S/C10H14N2O6/c1-12-2-4(9(16)11-10(12)17)8-7(15)6(14)5(3-13)18-8/h2,5-8,13-15H,3H2,1H3,(H,11,16,17)/t5-,6+,7+,8?/m1/s1. The highest BCUT2D eigenvalue weighted by atomic mass is 16.6. The molecule has 18 heavy (non-hydrogen) atoms. The molecule has 1 unspecified atom stereocenters. The smallest absolute Gasteiger partial charge is 0.328 e. The van der Waals surface area contributed by atoms with Crippen LogP contribution in [0.15, 0.2) is 15.8 Å². The Labute approximate surface area is 101 Å². The van der Waals surface area contributed by atoms with Gasteiger partial charge in [-0.15, -0.1) is 0 Å². The van der Waals surface area contributed by atoms with Crippen LogP contribution in [0.4, 0.5) is 0 Å². The molecule has 1 fully saturated rings. The SMILES string of the molecule is Cn1cc(C2O[C@H](CO)[C@H](O)[C@@H]2O)c(=O)[nH]c1=O. The van der Waals surface area contributed by atoms with Crippen LogP contribution in [0.5, 0.6) is 0 Å². The van der Waals surface area contributed by atoms with Gasteiger partial charge in [0, 0.05) is 13.2 Å². The summed E-state index contributed by atoms with van der Waals surface area (Å²) in [6.45, 7) is -0.474. The number of aryl methyl sites for hydroxylation is 1. The van der Waals surface area contributed by atoms with Gasteiger partial charge >= 0.3 is 5.69 Å². The van der Waals surface area contributed by atoms with Crippen LogP contribution in [-0.4, -0.2) is 49.8 Å². The van der Waals surface area contributed by atoms with E-state index in [2.05, 4.69) is 4.98 Å². The first-order valence-corrected chi connectivity index (χ1v) is 5.38. The van der Waals surface area contributed by atoms with E-state index in [0.717, 1.165) is 4.57 Å². The van der Waals surface area contributed by atoms with E-state index in [1.165, 1.54) is 13.2 Å². The van der Waals surface area contributed by atoms with E-state index in [4.69, 9.17) is 9.84 Å². The average Bonchev–Trinajstić information content (AvgIpc) is 2.61. The summed E-state index contributed by atoms with van der Waals surface area (Å²) >= 11 is 0. The number of H-pyrrole nitrogens is 1. The lowest BCUT2D eigenvalue weighted by Gasteiger charge is -2.14. The highest BCUT2D eigenvalue weighted by molar-refractivity contribution is 5.14. The van der Waals surface area contributed by atoms with Crippen molar-refractivity contribution in [2.24, 2.45) is 7.05 Å². The van der Waals surface area contributed by atoms with Crippen molar-refractivity contribution in [1.29, 1.82) is 0 Å². The Hall–Kier alpha value is -1.48. The van der Waals surface area contributed by atoms with Crippen molar-refractivity contribution in [3.8, 4) is 0 Å². The van der Waals surface area contributed by atoms with Crippen molar-refractivity contribution in [3.63, 3.8) is 0 Å². The predicted octanol–water partition coefficient (Wildman–Crippen LogP) is -2.77. The molecule has 100 valence electrons. The molecule has 1 aromatic rings. The fraction of sp³-hybridized carbons (Fsp3) is 0.600. The molecule has 8 nitrogen and oxygen atoms in total. The Morgan fingerprint density at radius 2 is 2.06 bits per heavy atom. The lowest BCUT2D eigenvalue weighted by atomic mass is 10.0. The molecule has 1 saturated heterocycles. The van der Waals surface area contributed by atoms with Gasteiger partial charge in [-0.05, 0) is 0 Å². The largest absolute Gasteiger partial charge is 0.394 e. The van der Waals surface area contributed by atoms with Crippen LogP contribution < -0.4 is 11.2 Å². The normalized spacial score (nSPS) is 31.8. The van der Waals surface area contributed by atoms with E-state index in [9.17, 15) is 19.8 Å². The molecule has 0 spiro atoms. The first-order chi connectivity index (χ1) is 8.45. The highest BCUT2D eigenvalue weighted by Gasteiger charge is 2.44. The van der Waals surface area contributed by atoms with Gasteiger partial charge in [-0.1, -0.05) is 0 Å². The van der Waals surface area contributed by atoms with Gasteiger partial charge in [-0.25, -0.2) is 4.79 Å². The van der Waals surface area contributed by atoms with Gasteiger partial charge in [0.05, 0.1) is 12.2 Å². The fourth-order valence-electron chi connectivity index (χ4n) is 1.94. The zero-order valence-electron chi connectivity index (χ0n) is 9.61. The van der Waals surface area contributed by atoms with E-state index in [1.807, 2.05) is 0 Å². The lowest BCUT2D eigenvalue weighted by Crippen LogP contribution is -2.35. The first-order valence-electron chi connectivity index (χ1n) is 5.38. The number of hydrogen-bond donors (Lipinski definition) is 4. The van der Waals surface area contributed by atoms with Crippen LogP contribution in [0, 0.1) is 0 Å². The monoisotopic (exact) mass is 258 g/mol. The van der Waals surface area contributed by atoms with E-state index < -0.39 is 42.3 Å². The maximum atomic E-state index is 11.6. The van der Waals surface area contributed by atoms with Crippen molar-refractivity contribution in [2.45, 2.75) is 24.4 Å². The summed E-state index contributed by atoms with van der Waals surface area (Å²) < 4.78 is 6.34. The van der Waals surface area contributed by atoms with Crippen LogP contribution >= 0.6 is 0 Å². The minimum absolute atomic E-state index is 0.0274.